The first-order valence-corrected chi connectivity index (χ1v) is 11.3. The Morgan fingerprint density at radius 1 is 0.696 bits per heavy atom. The maximum Gasteiger partial charge on any atom is 1.00 e. The Labute approximate surface area is 167 Å². The van der Waals surface area contributed by atoms with Crippen LogP contribution in [0.2, 0.25) is 0 Å². The van der Waals surface area contributed by atoms with Gasteiger partial charge in [-0.1, -0.05) is 90.4 Å². The molecule has 0 heterocycles. The van der Waals surface area contributed by atoms with E-state index in [2.05, 4.69) is 6.92 Å². The molecule has 1 atom stereocenters. The van der Waals surface area contributed by atoms with Gasteiger partial charge in [-0.3, -0.25) is 0 Å². The molecule has 1 unspecified atom stereocenters. The summed E-state index contributed by atoms with van der Waals surface area (Å²) in [6, 6.07) is 0. The molecule has 0 aromatic heterocycles. The maximum atomic E-state index is 11.4. The molecule has 0 bridgehead atoms. The van der Waals surface area contributed by atoms with Crippen molar-refractivity contribution in [1.82, 2.24) is 0 Å². The molecule has 3 nitrogen and oxygen atoms in total. The van der Waals surface area contributed by atoms with Gasteiger partial charge in [-0.15, -0.1) is 0 Å². The number of unbranched alkanes of at least 4 members (excludes halogenated alkanes) is 13. The minimum Gasteiger partial charge on any atom is -0.778 e. The Morgan fingerprint density at radius 2 is 1.04 bits per heavy atom. The Balaban J connectivity index is 0. The van der Waals surface area contributed by atoms with Crippen molar-refractivity contribution < 1.29 is 43.5 Å². The fourth-order valence-corrected chi connectivity index (χ4v) is 3.89. The van der Waals surface area contributed by atoms with Crippen molar-refractivity contribution in [2.45, 2.75) is 104 Å². The molecule has 0 aromatic rings. The molecule has 0 aromatic carbocycles. The minimum absolute atomic E-state index is 0. The molecule has 0 rings (SSSR count). The second-order valence-electron chi connectivity index (χ2n) is 6.35. The third kappa shape index (κ3) is 21.1. The van der Waals surface area contributed by atoms with E-state index in [0.29, 0.717) is 0 Å². The molecule has 0 aliphatic heterocycles. The van der Waals surface area contributed by atoms with Gasteiger partial charge in [0, 0.05) is 6.16 Å². The smallest absolute Gasteiger partial charge is 0.778 e. The van der Waals surface area contributed by atoms with E-state index in [1.54, 1.807) is 6.92 Å². The van der Waals surface area contributed by atoms with E-state index in [1.165, 1.54) is 70.6 Å². The van der Waals surface area contributed by atoms with E-state index in [0.717, 1.165) is 19.3 Å². The minimum atomic E-state index is -3.53. The van der Waals surface area contributed by atoms with Crippen molar-refractivity contribution >= 4 is 7.60 Å². The Kier molecular flexibility index (Phi) is 22.3. The molecule has 0 spiro atoms. The van der Waals surface area contributed by atoms with Crippen LogP contribution in [0.15, 0.2) is 0 Å². The SMILES string of the molecule is CCCCCCCCCCCCCCCCP(=O)([O-])OCC.[Na+]. The summed E-state index contributed by atoms with van der Waals surface area (Å²) in [5, 5.41) is 0. The average molecular weight is 356 g/mol. The fourth-order valence-electron chi connectivity index (χ4n) is 2.76. The summed E-state index contributed by atoms with van der Waals surface area (Å²) in [6.07, 6.45) is 18.1. The van der Waals surface area contributed by atoms with Gasteiger partial charge < -0.3 is 14.0 Å². The summed E-state index contributed by atoms with van der Waals surface area (Å²) in [6.45, 7) is 4.24. The van der Waals surface area contributed by atoms with Crippen LogP contribution < -0.4 is 34.5 Å². The molecule has 0 radical (unpaired) electrons. The molecule has 5 heteroatoms. The quantitative estimate of drug-likeness (QED) is 0.229. The van der Waals surface area contributed by atoms with Crippen LogP contribution in [0.25, 0.3) is 0 Å². The largest absolute Gasteiger partial charge is 1.00 e. The second-order valence-corrected chi connectivity index (χ2v) is 8.28. The van der Waals surface area contributed by atoms with Gasteiger partial charge in [0.2, 0.25) is 0 Å². The van der Waals surface area contributed by atoms with E-state index in [1.807, 2.05) is 0 Å². The molecule has 0 fully saturated rings. The van der Waals surface area contributed by atoms with E-state index in [4.69, 9.17) is 4.52 Å². The topological polar surface area (TPSA) is 49.4 Å². The monoisotopic (exact) mass is 356 g/mol. The zero-order chi connectivity index (χ0) is 16.5. The third-order valence-corrected chi connectivity index (χ3v) is 5.63. The molecule has 0 amide bonds. The molecule has 0 saturated carbocycles. The fraction of sp³-hybridized carbons (Fsp3) is 1.00. The standard InChI is InChI=1S/C18H39O3P.Na/c1-3-5-6-7-8-9-10-11-12-13-14-15-16-17-18-22(19,20)21-4-2;/h3-18H2,1-2H3,(H,19,20);/q;+1/p-1. The summed E-state index contributed by atoms with van der Waals surface area (Å²) in [5.74, 6) is 0. The maximum absolute atomic E-state index is 11.4. The number of hydrogen-bond donors (Lipinski definition) is 0. The van der Waals surface area contributed by atoms with Crippen LogP contribution in [0.1, 0.15) is 104 Å². The van der Waals surface area contributed by atoms with Crippen molar-refractivity contribution in [3.05, 3.63) is 0 Å². The van der Waals surface area contributed by atoms with Crippen LogP contribution in [0.5, 0.6) is 0 Å². The molecule has 23 heavy (non-hydrogen) atoms. The Morgan fingerprint density at radius 3 is 1.39 bits per heavy atom. The molecule has 0 aliphatic rings. The zero-order valence-corrected chi connectivity index (χ0v) is 18.9. The van der Waals surface area contributed by atoms with Crippen molar-refractivity contribution in [3.63, 3.8) is 0 Å². The third-order valence-electron chi connectivity index (χ3n) is 4.11. The van der Waals surface area contributed by atoms with Crippen molar-refractivity contribution in [2.24, 2.45) is 0 Å². The first kappa shape index (κ1) is 26.4. The van der Waals surface area contributed by atoms with Gasteiger partial charge in [-0.25, -0.2) is 0 Å². The predicted octanol–water partition coefficient (Wildman–Crippen LogP) is 3.06. The van der Waals surface area contributed by atoms with Gasteiger partial charge in [-0.05, 0) is 13.3 Å². The average Bonchev–Trinajstić information content (AvgIpc) is 2.47. The normalized spacial score (nSPS) is 13.5. The summed E-state index contributed by atoms with van der Waals surface area (Å²) in [4.78, 5) is 11.4. The van der Waals surface area contributed by atoms with E-state index < -0.39 is 7.60 Å². The summed E-state index contributed by atoms with van der Waals surface area (Å²) >= 11 is 0. The van der Waals surface area contributed by atoms with E-state index in [-0.39, 0.29) is 42.3 Å². The van der Waals surface area contributed by atoms with Gasteiger partial charge in [-0.2, -0.15) is 0 Å². The summed E-state index contributed by atoms with van der Waals surface area (Å²) < 4.78 is 16.1. The summed E-state index contributed by atoms with van der Waals surface area (Å²) in [5.41, 5.74) is 0. The van der Waals surface area contributed by atoms with E-state index in [9.17, 15) is 9.46 Å². The molecular weight excluding hydrogens is 318 g/mol. The van der Waals surface area contributed by atoms with Crippen molar-refractivity contribution in [1.29, 1.82) is 0 Å². The van der Waals surface area contributed by atoms with Crippen LogP contribution in [-0.4, -0.2) is 12.8 Å². The molecule has 0 aliphatic carbocycles. The first-order valence-electron chi connectivity index (χ1n) is 9.57. The van der Waals surface area contributed by atoms with Crippen molar-refractivity contribution in [2.75, 3.05) is 12.8 Å². The van der Waals surface area contributed by atoms with Gasteiger partial charge in [0.1, 0.15) is 7.60 Å². The summed E-state index contributed by atoms with van der Waals surface area (Å²) in [7, 11) is -3.53. The van der Waals surface area contributed by atoms with Crippen LogP contribution in [0.3, 0.4) is 0 Å². The van der Waals surface area contributed by atoms with Gasteiger partial charge in [0.05, 0.1) is 6.61 Å². The number of rotatable bonds is 17. The van der Waals surface area contributed by atoms with Gasteiger partial charge >= 0.3 is 29.6 Å². The molecular formula is C18H38NaO3P. The van der Waals surface area contributed by atoms with E-state index >= 15 is 0 Å². The Bertz CT molecular complexity index is 275. The zero-order valence-electron chi connectivity index (χ0n) is 16.0. The van der Waals surface area contributed by atoms with Crippen molar-refractivity contribution in [3.8, 4) is 0 Å². The molecule has 0 N–H and O–H groups in total. The second kappa shape index (κ2) is 19.5. The molecule has 0 saturated heterocycles. The van der Waals surface area contributed by atoms with Gasteiger partial charge in [0.25, 0.3) is 0 Å². The van der Waals surface area contributed by atoms with Crippen LogP contribution >= 0.6 is 7.60 Å². The van der Waals surface area contributed by atoms with Crippen LogP contribution in [0.4, 0.5) is 0 Å². The van der Waals surface area contributed by atoms with Crippen LogP contribution in [0, 0.1) is 0 Å². The first-order chi connectivity index (χ1) is 10.6. The predicted molar refractivity (Wildman–Crippen MR) is 94.4 cm³/mol. The molecule has 134 valence electrons. The van der Waals surface area contributed by atoms with Gasteiger partial charge in [0.15, 0.2) is 0 Å². The van der Waals surface area contributed by atoms with Crippen LogP contribution in [-0.2, 0) is 9.09 Å². The number of hydrogen-bond acceptors (Lipinski definition) is 3. The Hall–Kier alpha value is 1.15.